The fourth-order valence-electron chi connectivity index (χ4n) is 2.43. The minimum atomic E-state index is -3.63. The van der Waals surface area contributed by atoms with Crippen LogP contribution in [0.25, 0.3) is 0 Å². The number of nitrogens with zero attached hydrogens (tertiary/aromatic N) is 1. The van der Waals surface area contributed by atoms with E-state index in [4.69, 9.17) is 9.47 Å². The average molecular weight is 420 g/mol. The summed E-state index contributed by atoms with van der Waals surface area (Å²) in [6.45, 7) is 1.79. The standard InChI is InChI=1S/C20H24N2O6S/c1-14(28-20(24)16-8-5-7-15(11-16)13-27-4)19(23)21-17-9-6-10-18(12-17)29(25,26)22(2)3/h5-12,14H,13H2,1-4H3,(H,21,23)/t14-/m1/s1. The molecular formula is C20H24N2O6S. The Labute approximate surface area is 170 Å². The third-order valence-corrected chi connectivity index (χ3v) is 5.82. The van der Waals surface area contributed by atoms with Crippen LogP contribution in [0.4, 0.5) is 5.69 Å². The van der Waals surface area contributed by atoms with Crippen molar-refractivity contribution in [3.63, 3.8) is 0 Å². The van der Waals surface area contributed by atoms with Crippen LogP contribution in [0.2, 0.25) is 0 Å². The summed E-state index contributed by atoms with van der Waals surface area (Å²) in [6.07, 6.45) is -1.08. The van der Waals surface area contributed by atoms with E-state index in [1.165, 1.54) is 39.2 Å². The Morgan fingerprint density at radius 2 is 1.79 bits per heavy atom. The van der Waals surface area contributed by atoms with Crippen molar-refractivity contribution in [2.45, 2.75) is 24.5 Å². The number of hydrogen-bond donors (Lipinski definition) is 1. The maximum atomic E-state index is 12.4. The van der Waals surface area contributed by atoms with Gasteiger partial charge in [0.15, 0.2) is 6.10 Å². The van der Waals surface area contributed by atoms with E-state index >= 15 is 0 Å². The van der Waals surface area contributed by atoms with Crippen molar-refractivity contribution in [3.8, 4) is 0 Å². The molecule has 0 aliphatic carbocycles. The van der Waals surface area contributed by atoms with Gasteiger partial charge in [-0.25, -0.2) is 17.5 Å². The number of esters is 1. The largest absolute Gasteiger partial charge is 0.449 e. The number of ether oxygens (including phenoxy) is 2. The molecule has 2 rings (SSSR count). The molecule has 0 aliphatic heterocycles. The second-order valence-corrected chi connectivity index (χ2v) is 8.64. The Bertz CT molecular complexity index is 988. The minimum absolute atomic E-state index is 0.0416. The molecule has 0 fully saturated rings. The van der Waals surface area contributed by atoms with E-state index in [0.717, 1.165) is 9.87 Å². The van der Waals surface area contributed by atoms with Gasteiger partial charge in [-0.3, -0.25) is 4.79 Å². The fraction of sp³-hybridized carbons (Fsp3) is 0.300. The molecular weight excluding hydrogens is 396 g/mol. The fourth-order valence-corrected chi connectivity index (χ4v) is 3.37. The molecule has 0 aromatic heterocycles. The molecule has 2 aromatic carbocycles. The maximum Gasteiger partial charge on any atom is 0.338 e. The van der Waals surface area contributed by atoms with Gasteiger partial charge in [0.25, 0.3) is 5.91 Å². The van der Waals surface area contributed by atoms with Crippen LogP contribution in [0.3, 0.4) is 0 Å². The summed E-state index contributed by atoms with van der Waals surface area (Å²) in [7, 11) is 0.760. The topological polar surface area (TPSA) is 102 Å². The quantitative estimate of drug-likeness (QED) is 0.658. The molecule has 0 heterocycles. The van der Waals surface area contributed by atoms with Crippen molar-refractivity contribution in [1.82, 2.24) is 4.31 Å². The summed E-state index contributed by atoms with van der Waals surface area (Å²) in [4.78, 5) is 24.7. The lowest BCUT2D eigenvalue weighted by molar-refractivity contribution is -0.123. The molecule has 9 heteroatoms. The summed E-state index contributed by atoms with van der Waals surface area (Å²) >= 11 is 0. The van der Waals surface area contributed by atoms with E-state index in [-0.39, 0.29) is 10.6 Å². The first-order chi connectivity index (χ1) is 13.6. The number of methoxy groups -OCH3 is 1. The van der Waals surface area contributed by atoms with Crippen molar-refractivity contribution in [2.24, 2.45) is 0 Å². The highest BCUT2D eigenvalue weighted by Gasteiger charge is 2.21. The highest BCUT2D eigenvalue weighted by atomic mass is 32.2. The zero-order valence-electron chi connectivity index (χ0n) is 16.7. The lowest BCUT2D eigenvalue weighted by Crippen LogP contribution is -2.30. The predicted molar refractivity (Wildman–Crippen MR) is 108 cm³/mol. The molecule has 1 amide bonds. The van der Waals surface area contributed by atoms with Crippen molar-refractivity contribution >= 4 is 27.6 Å². The summed E-state index contributed by atoms with van der Waals surface area (Å²) < 4.78 is 35.8. The molecule has 0 spiro atoms. The Hall–Kier alpha value is -2.75. The van der Waals surface area contributed by atoms with Gasteiger partial charge in [-0.15, -0.1) is 0 Å². The zero-order valence-corrected chi connectivity index (χ0v) is 17.5. The molecule has 29 heavy (non-hydrogen) atoms. The molecule has 1 atom stereocenters. The summed E-state index contributed by atoms with van der Waals surface area (Å²) in [5, 5.41) is 2.56. The van der Waals surface area contributed by atoms with Gasteiger partial charge in [0.05, 0.1) is 17.1 Å². The van der Waals surface area contributed by atoms with E-state index in [9.17, 15) is 18.0 Å². The molecule has 0 saturated heterocycles. The van der Waals surface area contributed by atoms with Gasteiger partial charge < -0.3 is 14.8 Å². The molecule has 0 unspecified atom stereocenters. The van der Waals surface area contributed by atoms with Crippen LogP contribution in [-0.2, 0) is 30.9 Å². The molecule has 0 bridgehead atoms. The lowest BCUT2D eigenvalue weighted by Gasteiger charge is -2.15. The molecule has 156 valence electrons. The van der Waals surface area contributed by atoms with Gasteiger partial charge in [0.2, 0.25) is 10.0 Å². The predicted octanol–water partition coefficient (Wildman–Crippen LogP) is 2.27. The first kappa shape index (κ1) is 22.5. The zero-order chi connectivity index (χ0) is 21.6. The number of nitrogens with one attached hydrogen (secondary N) is 1. The summed E-state index contributed by atoms with van der Waals surface area (Å²) in [5.74, 6) is -1.22. The van der Waals surface area contributed by atoms with Crippen LogP contribution in [0.15, 0.2) is 53.4 Å². The number of anilines is 1. The van der Waals surface area contributed by atoms with E-state index < -0.39 is 28.0 Å². The number of amides is 1. The smallest absolute Gasteiger partial charge is 0.338 e. The number of sulfonamides is 1. The first-order valence-corrected chi connectivity index (χ1v) is 10.2. The van der Waals surface area contributed by atoms with Gasteiger partial charge >= 0.3 is 5.97 Å². The second-order valence-electron chi connectivity index (χ2n) is 6.49. The highest BCUT2D eigenvalue weighted by molar-refractivity contribution is 7.89. The molecule has 8 nitrogen and oxygen atoms in total. The molecule has 0 saturated carbocycles. The van der Waals surface area contributed by atoms with Gasteiger partial charge in [-0.05, 0) is 42.8 Å². The Morgan fingerprint density at radius 3 is 2.45 bits per heavy atom. The van der Waals surface area contributed by atoms with Crippen molar-refractivity contribution in [2.75, 3.05) is 26.5 Å². The minimum Gasteiger partial charge on any atom is -0.449 e. The number of rotatable bonds is 8. The van der Waals surface area contributed by atoms with E-state index in [0.29, 0.717) is 12.2 Å². The molecule has 0 radical (unpaired) electrons. The van der Waals surface area contributed by atoms with Crippen LogP contribution in [-0.4, -0.2) is 51.9 Å². The third-order valence-electron chi connectivity index (χ3n) is 4.01. The maximum absolute atomic E-state index is 12.4. The van der Waals surface area contributed by atoms with Crippen molar-refractivity contribution in [3.05, 3.63) is 59.7 Å². The van der Waals surface area contributed by atoms with Crippen LogP contribution < -0.4 is 5.32 Å². The normalized spacial score (nSPS) is 12.4. The number of benzene rings is 2. The first-order valence-electron chi connectivity index (χ1n) is 8.77. The van der Waals surface area contributed by atoms with E-state index in [1.807, 2.05) is 6.07 Å². The Balaban J connectivity index is 2.06. The monoisotopic (exact) mass is 420 g/mol. The van der Waals surface area contributed by atoms with Gasteiger partial charge in [0.1, 0.15) is 0 Å². The van der Waals surface area contributed by atoms with Gasteiger partial charge in [-0.2, -0.15) is 0 Å². The summed E-state index contributed by atoms with van der Waals surface area (Å²) in [6, 6.07) is 12.6. The number of carbonyl (C=O) groups is 2. The van der Waals surface area contributed by atoms with Crippen molar-refractivity contribution < 1.29 is 27.5 Å². The lowest BCUT2D eigenvalue weighted by atomic mass is 10.1. The third kappa shape index (κ3) is 5.86. The molecule has 2 aromatic rings. The average Bonchev–Trinajstić information content (AvgIpc) is 2.68. The molecule has 1 N–H and O–H groups in total. The number of hydrogen-bond acceptors (Lipinski definition) is 6. The van der Waals surface area contributed by atoms with Crippen molar-refractivity contribution in [1.29, 1.82) is 0 Å². The van der Waals surface area contributed by atoms with Crippen LogP contribution >= 0.6 is 0 Å². The Kier molecular flexibility index (Phi) is 7.49. The SMILES string of the molecule is COCc1cccc(C(=O)O[C@H](C)C(=O)Nc2cccc(S(=O)(=O)N(C)C)c2)c1. The van der Waals surface area contributed by atoms with Crippen LogP contribution in [0.5, 0.6) is 0 Å². The number of carbonyl (C=O) groups excluding carboxylic acids is 2. The van der Waals surface area contributed by atoms with Gasteiger partial charge in [-0.1, -0.05) is 18.2 Å². The second kappa shape index (κ2) is 9.64. The van der Waals surface area contributed by atoms with E-state index in [1.54, 1.807) is 31.4 Å². The van der Waals surface area contributed by atoms with Crippen LogP contribution in [0.1, 0.15) is 22.8 Å². The summed E-state index contributed by atoms with van der Waals surface area (Å²) in [5.41, 5.74) is 1.39. The highest BCUT2D eigenvalue weighted by Crippen LogP contribution is 2.18. The van der Waals surface area contributed by atoms with Crippen LogP contribution in [0, 0.1) is 0 Å². The van der Waals surface area contributed by atoms with E-state index in [2.05, 4.69) is 5.32 Å². The molecule has 0 aliphatic rings. The van der Waals surface area contributed by atoms with Gasteiger partial charge in [0, 0.05) is 26.9 Å². The Morgan fingerprint density at radius 1 is 1.10 bits per heavy atom.